The number of carbonyl (C=O) groups is 3. The monoisotopic (exact) mass is 524 g/mol. The number of benzene rings is 2. The van der Waals surface area contributed by atoms with Crippen molar-refractivity contribution < 1.29 is 27.9 Å². The van der Waals surface area contributed by atoms with Crippen molar-refractivity contribution in [1.29, 1.82) is 0 Å². The summed E-state index contributed by atoms with van der Waals surface area (Å²) in [5, 5.41) is 6.38. The highest BCUT2D eigenvalue weighted by Gasteiger charge is 2.28. The van der Waals surface area contributed by atoms with Gasteiger partial charge in [-0.15, -0.1) is 0 Å². The molecule has 1 aliphatic heterocycles. The summed E-state index contributed by atoms with van der Waals surface area (Å²) < 4.78 is 23.2. The number of nitrogens with one attached hydrogen (secondary N) is 1. The maximum absolute atomic E-state index is 13.1. The number of carbonyl (C=O) groups excluding carboxylic acids is 3. The number of rotatable bonds is 11. The summed E-state index contributed by atoms with van der Waals surface area (Å²) in [5.41, 5.74) is 1.57. The van der Waals surface area contributed by atoms with Gasteiger partial charge in [-0.3, -0.25) is 18.6 Å². The number of ketones is 1. The Morgan fingerprint density at radius 3 is 2.38 bits per heavy atom. The minimum Gasteiger partial charge on any atom is -0.378 e. The summed E-state index contributed by atoms with van der Waals surface area (Å²) in [7, 11) is -1.39. The Labute approximate surface area is 216 Å². The lowest BCUT2D eigenvalue weighted by Gasteiger charge is -2.28. The maximum atomic E-state index is 13.1. The molecule has 0 spiro atoms. The number of morpholine rings is 1. The fourth-order valence-corrected chi connectivity index (χ4v) is 5.25. The van der Waals surface area contributed by atoms with Crippen molar-refractivity contribution in [3.05, 3.63) is 72.1 Å². The Morgan fingerprint density at radius 2 is 1.68 bits per heavy atom. The molecular weight excluding hydrogens is 496 g/mol. The van der Waals surface area contributed by atoms with Crippen molar-refractivity contribution >= 4 is 28.4 Å². The summed E-state index contributed by atoms with van der Waals surface area (Å²) >= 11 is 0. The minimum atomic E-state index is -1.39. The number of hydrogen-bond acceptors (Lipinski definition) is 8. The smallest absolute Gasteiger partial charge is 0.296 e. The van der Waals surface area contributed by atoms with Gasteiger partial charge >= 0.3 is 0 Å². The third-order valence-electron chi connectivity index (χ3n) is 5.83. The largest absolute Gasteiger partial charge is 0.378 e. The normalized spacial score (nSPS) is 15.1. The van der Waals surface area contributed by atoms with Crippen molar-refractivity contribution in [2.24, 2.45) is 5.92 Å². The lowest BCUT2D eigenvalue weighted by atomic mass is 10.1. The van der Waals surface area contributed by atoms with Gasteiger partial charge in [-0.25, -0.2) is 0 Å². The molecule has 10 nitrogen and oxygen atoms in total. The zero-order valence-corrected chi connectivity index (χ0v) is 21.0. The van der Waals surface area contributed by atoms with Crippen LogP contribution < -0.4 is 5.32 Å². The molecule has 2 heterocycles. The molecule has 0 bridgehead atoms. The van der Waals surface area contributed by atoms with Gasteiger partial charge < -0.3 is 19.5 Å². The Hall–Kier alpha value is -3.70. The lowest BCUT2D eigenvalue weighted by molar-refractivity contribution is -0.138. The molecule has 11 heteroatoms. The molecule has 3 aromatic rings. The predicted molar refractivity (Wildman–Crippen MR) is 136 cm³/mol. The molecule has 2 atom stereocenters. The van der Waals surface area contributed by atoms with Gasteiger partial charge in [-0.1, -0.05) is 65.8 Å². The quantitative estimate of drug-likeness (QED) is 0.376. The Bertz CT molecular complexity index is 1230. The summed E-state index contributed by atoms with van der Waals surface area (Å²) in [4.78, 5) is 44.2. The zero-order chi connectivity index (χ0) is 26.0. The van der Waals surface area contributed by atoms with Crippen LogP contribution in [0.25, 0.3) is 11.4 Å². The second-order valence-corrected chi connectivity index (χ2v) is 10.1. The Morgan fingerprint density at radius 1 is 1.00 bits per heavy atom. The molecular formula is C26H28N4O6S. The van der Waals surface area contributed by atoms with E-state index in [1.807, 2.05) is 48.5 Å². The first-order chi connectivity index (χ1) is 18.0. The van der Waals surface area contributed by atoms with Crippen LogP contribution in [-0.2, 0) is 30.9 Å². The van der Waals surface area contributed by atoms with Gasteiger partial charge in [0.05, 0.1) is 25.7 Å². The molecule has 37 heavy (non-hydrogen) atoms. The lowest BCUT2D eigenvalue weighted by Crippen LogP contribution is -2.44. The van der Waals surface area contributed by atoms with Crippen LogP contribution in [0.1, 0.15) is 22.7 Å². The van der Waals surface area contributed by atoms with Gasteiger partial charge in [0, 0.05) is 47.4 Å². The third-order valence-corrected chi connectivity index (χ3v) is 7.26. The highest BCUT2D eigenvalue weighted by molar-refractivity contribution is 7.84. The average molecular weight is 525 g/mol. The minimum absolute atomic E-state index is 0.0102. The Kier molecular flexibility index (Phi) is 9.28. The van der Waals surface area contributed by atoms with Crippen LogP contribution in [0.4, 0.5) is 0 Å². The van der Waals surface area contributed by atoms with Crippen molar-refractivity contribution in [3.8, 4) is 11.4 Å². The molecule has 0 saturated carbocycles. The number of Topliss-reactive ketones (excluding diaryl/α,β-unsaturated/α-hetero) is 1. The van der Waals surface area contributed by atoms with Crippen molar-refractivity contribution in [2.45, 2.75) is 12.2 Å². The number of hydrogen-bond donors (Lipinski definition) is 1. The first-order valence-corrected chi connectivity index (χ1v) is 13.4. The van der Waals surface area contributed by atoms with Gasteiger partial charge in [0.15, 0.2) is 0 Å². The van der Waals surface area contributed by atoms with Crippen LogP contribution in [0.15, 0.2) is 65.2 Å². The van der Waals surface area contributed by atoms with E-state index in [0.717, 1.165) is 5.56 Å². The van der Waals surface area contributed by atoms with E-state index in [2.05, 4.69) is 15.5 Å². The van der Waals surface area contributed by atoms with Crippen LogP contribution >= 0.6 is 0 Å². The molecule has 194 valence electrons. The first-order valence-electron chi connectivity index (χ1n) is 11.9. The van der Waals surface area contributed by atoms with E-state index < -0.39 is 28.4 Å². The summed E-state index contributed by atoms with van der Waals surface area (Å²) in [5.74, 6) is -1.88. The van der Waals surface area contributed by atoms with Crippen LogP contribution in [-0.4, -0.2) is 75.4 Å². The first kappa shape index (κ1) is 26.4. The SMILES string of the molecule is O=C(CNC(=O)C(CC(=O)N1CCOCC1)CS(=O)Cc1ccccc1)c1nc(-c2ccccc2)no1. The number of nitrogens with zero attached hydrogens (tertiary/aromatic N) is 3. The van der Waals surface area contributed by atoms with Crippen LogP contribution in [0.3, 0.4) is 0 Å². The van der Waals surface area contributed by atoms with Gasteiger partial charge in [0.1, 0.15) is 0 Å². The van der Waals surface area contributed by atoms with Gasteiger partial charge in [-0.2, -0.15) is 4.98 Å². The molecule has 1 aromatic heterocycles. The van der Waals surface area contributed by atoms with E-state index in [1.165, 1.54) is 0 Å². The highest BCUT2D eigenvalue weighted by atomic mass is 32.2. The zero-order valence-electron chi connectivity index (χ0n) is 20.2. The van der Waals surface area contributed by atoms with Crippen LogP contribution in [0, 0.1) is 5.92 Å². The summed E-state index contributed by atoms with van der Waals surface area (Å²) in [6, 6.07) is 18.3. The number of ether oxygens (including phenoxy) is 1. The average Bonchev–Trinajstić information content (AvgIpc) is 3.43. The molecule has 2 amide bonds. The van der Waals surface area contributed by atoms with E-state index in [-0.39, 0.29) is 42.1 Å². The second-order valence-electron chi connectivity index (χ2n) is 8.56. The summed E-state index contributed by atoms with van der Waals surface area (Å²) in [6.07, 6.45) is -0.112. The molecule has 4 rings (SSSR count). The van der Waals surface area contributed by atoms with Gasteiger partial charge in [-0.05, 0) is 5.56 Å². The van der Waals surface area contributed by atoms with E-state index in [4.69, 9.17) is 9.26 Å². The van der Waals surface area contributed by atoms with Crippen molar-refractivity contribution in [3.63, 3.8) is 0 Å². The molecule has 1 saturated heterocycles. The van der Waals surface area contributed by atoms with E-state index >= 15 is 0 Å². The molecule has 1 fully saturated rings. The number of amides is 2. The standard InChI is InChI=1S/C26H28N4O6S/c31-22(26-28-24(29-36-26)20-9-5-2-6-10-20)16-27-25(33)21(15-23(32)30-11-13-35-14-12-30)18-37(34)17-19-7-3-1-4-8-19/h1-10,21H,11-18H2,(H,27,33). The van der Waals surface area contributed by atoms with Crippen LogP contribution in [0.2, 0.25) is 0 Å². The molecule has 2 aromatic carbocycles. The van der Waals surface area contributed by atoms with Crippen LogP contribution in [0.5, 0.6) is 0 Å². The molecule has 1 aliphatic rings. The summed E-state index contributed by atoms with van der Waals surface area (Å²) in [6.45, 7) is 1.38. The van der Waals surface area contributed by atoms with Crippen molar-refractivity contribution in [2.75, 3.05) is 38.6 Å². The van der Waals surface area contributed by atoms with E-state index in [1.54, 1.807) is 17.0 Å². The molecule has 1 N–H and O–H groups in total. The predicted octanol–water partition coefficient (Wildman–Crippen LogP) is 1.85. The second kappa shape index (κ2) is 13.0. The van der Waals surface area contributed by atoms with Gasteiger partial charge in [0.25, 0.3) is 5.89 Å². The molecule has 0 radical (unpaired) electrons. The maximum Gasteiger partial charge on any atom is 0.296 e. The molecule has 0 aliphatic carbocycles. The third kappa shape index (κ3) is 7.64. The van der Waals surface area contributed by atoms with E-state index in [9.17, 15) is 18.6 Å². The Balaban J connectivity index is 1.38. The van der Waals surface area contributed by atoms with E-state index in [0.29, 0.717) is 31.9 Å². The van der Waals surface area contributed by atoms with Gasteiger partial charge in [0.2, 0.25) is 23.4 Å². The highest BCUT2D eigenvalue weighted by Crippen LogP contribution is 2.16. The van der Waals surface area contributed by atoms with Crippen molar-refractivity contribution in [1.82, 2.24) is 20.4 Å². The number of aromatic nitrogens is 2. The fraction of sp³-hybridized carbons (Fsp3) is 0.346. The fourth-order valence-electron chi connectivity index (χ4n) is 3.85. The molecule has 2 unspecified atom stereocenters. The topological polar surface area (TPSA) is 132 Å².